The maximum Gasteiger partial charge on any atom is 0.237 e. The first-order valence-corrected chi connectivity index (χ1v) is 7.55. The first-order valence-electron chi connectivity index (χ1n) is 7.55. The molecule has 3 nitrogen and oxygen atoms in total. The van der Waals surface area contributed by atoms with E-state index < -0.39 is 17.7 Å². The molecule has 1 aromatic rings. The Kier molecular flexibility index (Phi) is 3.93. The first-order chi connectivity index (χ1) is 10.1. The van der Waals surface area contributed by atoms with Gasteiger partial charge < -0.3 is 10.6 Å². The van der Waals surface area contributed by atoms with Gasteiger partial charge in [-0.25, -0.2) is 8.78 Å². The molecule has 2 aliphatic rings. The lowest BCUT2D eigenvalue weighted by Crippen LogP contribution is -2.44. The normalized spacial score (nSPS) is 29.2. The molecule has 5 heteroatoms. The molecule has 0 aromatic heterocycles. The number of benzene rings is 1. The summed E-state index contributed by atoms with van der Waals surface area (Å²) in [7, 11) is 0. The fraction of sp³-hybridized carbons (Fsp3) is 0.562. The van der Waals surface area contributed by atoms with Crippen molar-refractivity contribution in [3.05, 3.63) is 35.4 Å². The first kappa shape index (κ1) is 14.4. The average molecular weight is 294 g/mol. The van der Waals surface area contributed by atoms with Gasteiger partial charge in [-0.15, -0.1) is 0 Å². The van der Waals surface area contributed by atoms with Crippen molar-refractivity contribution in [3.63, 3.8) is 0 Å². The van der Waals surface area contributed by atoms with Gasteiger partial charge in [0.2, 0.25) is 5.91 Å². The van der Waals surface area contributed by atoms with Crippen LogP contribution < -0.4 is 10.6 Å². The van der Waals surface area contributed by atoms with Crippen LogP contribution in [0.1, 0.15) is 37.8 Å². The summed E-state index contributed by atoms with van der Waals surface area (Å²) < 4.78 is 26.7. The van der Waals surface area contributed by atoms with Crippen molar-refractivity contribution in [1.82, 2.24) is 10.6 Å². The highest BCUT2D eigenvalue weighted by Crippen LogP contribution is 2.37. The molecule has 114 valence electrons. The van der Waals surface area contributed by atoms with E-state index in [2.05, 4.69) is 10.6 Å². The molecule has 0 radical (unpaired) electrons. The predicted octanol–water partition coefficient (Wildman–Crippen LogP) is 2.53. The third-order valence-corrected chi connectivity index (χ3v) is 4.82. The SMILES string of the molecule is CC(NC(=O)C1NCC2CCCC21)c1ccc(F)cc1F. The smallest absolute Gasteiger partial charge is 0.237 e. The number of hydrogen-bond acceptors (Lipinski definition) is 2. The second-order valence-electron chi connectivity index (χ2n) is 6.14. The molecule has 1 aliphatic carbocycles. The number of nitrogens with one attached hydrogen (secondary N) is 2. The van der Waals surface area contributed by atoms with Crippen LogP contribution in [0.5, 0.6) is 0 Å². The van der Waals surface area contributed by atoms with Crippen LogP contribution in [0, 0.1) is 23.5 Å². The topological polar surface area (TPSA) is 41.1 Å². The van der Waals surface area contributed by atoms with E-state index in [1.165, 1.54) is 25.0 Å². The standard InChI is InChI=1S/C16H20F2N2O/c1-9(12-6-5-11(17)7-14(12)18)20-16(21)15-13-4-2-3-10(13)8-19-15/h5-7,9-10,13,15,19H,2-4,8H2,1H3,(H,20,21). The molecule has 4 unspecified atom stereocenters. The van der Waals surface area contributed by atoms with Gasteiger partial charge in [0.1, 0.15) is 11.6 Å². The van der Waals surface area contributed by atoms with Gasteiger partial charge in [0.15, 0.2) is 0 Å². The number of fused-ring (bicyclic) bond motifs is 1. The molecule has 0 bridgehead atoms. The third-order valence-electron chi connectivity index (χ3n) is 4.82. The average Bonchev–Trinajstić information content (AvgIpc) is 3.00. The Morgan fingerprint density at radius 1 is 1.38 bits per heavy atom. The van der Waals surface area contributed by atoms with Crippen molar-refractivity contribution >= 4 is 5.91 Å². The molecule has 4 atom stereocenters. The van der Waals surface area contributed by atoms with E-state index in [1.54, 1.807) is 6.92 Å². The number of carbonyl (C=O) groups excluding carboxylic acids is 1. The summed E-state index contributed by atoms with van der Waals surface area (Å²) in [5.41, 5.74) is 0.311. The Morgan fingerprint density at radius 2 is 2.19 bits per heavy atom. The fourth-order valence-corrected chi connectivity index (χ4v) is 3.71. The molecular weight excluding hydrogens is 274 g/mol. The van der Waals surface area contributed by atoms with Crippen molar-refractivity contribution in [3.8, 4) is 0 Å². The maximum atomic E-state index is 13.7. The van der Waals surface area contributed by atoms with Crippen LogP contribution in [0.2, 0.25) is 0 Å². The van der Waals surface area contributed by atoms with Crippen LogP contribution >= 0.6 is 0 Å². The molecule has 2 fully saturated rings. The Labute approximate surface area is 123 Å². The molecule has 3 rings (SSSR count). The number of rotatable bonds is 3. The Balaban J connectivity index is 1.67. The van der Waals surface area contributed by atoms with Gasteiger partial charge >= 0.3 is 0 Å². The van der Waals surface area contributed by atoms with E-state index in [9.17, 15) is 13.6 Å². The summed E-state index contributed by atoms with van der Waals surface area (Å²) in [6.07, 6.45) is 3.45. The largest absolute Gasteiger partial charge is 0.348 e. The molecule has 1 aromatic carbocycles. The summed E-state index contributed by atoms with van der Waals surface area (Å²) in [4.78, 5) is 12.4. The van der Waals surface area contributed by atoms with E-state index in [-0.39, 0.29) is 11.9 Å². The zero-order chi connectivity index (χ0) is 15.0. The van der Waals surface area contributed by atoms with Crippen molar-refractivity contribution in [2.45, 2.75) is 38.3 Å². The van der Waals surface area contributed by atoms with Gasteiger partial charge in [0, 0.05) is 11.6 Å². The predicted molar refractivity (Wildman–Crippen MR) is 75.5 cm³/mol. The quantitative estimate of drug-likeness (QED) is 0.899. The van der Waals surface area contributed by atoms with E-state index >= 15 is 0 Å². The van der Waals surface area contributed by atoms with Gasteiger partial charge in [0.25, 0.3) is 0 Å². The van der Waals surface area contributed by atoms with Crippen LogP contribution in [-0.2, 0) is 4.79 Å². The second-order valence-corrected chi connectivity index (χ2v) is 6.14. The second kappa shape index (κ2) is 5.72. The molecule has 1 amide bonds. The zero-order valence-corrected chi connectivity index (χ0v) is 12.0. The van der Waals surface area contributed by atoms with Crippen LogP contribution in [0.4, 0.5) is 8.78 Å². The summed E-state index contributed by atoms with van der Waals surface area (Å²) in [5.74, 6) is -0.323. The molecule has 1 aliphatic heterocycles. The molecule has 1 heterocycles. The van der Waals surface area contributed by atoms with Crippen molar-refractivity contribution in [2.75, 3.05) is 6.54 Å². The van der Waals surface area contributed by atoms with Crippen molar-refractivity contribution in [1.29, 1.82) is 0 Å². The highest BCUT2D eigenvalue weighted by molar-refractivity contribution is 5.83. The number of hydrogen-bond donors (Lipinski definition) is 2. The Hall–Kier alpha value is -1.49. The summed E-state index contributed by atoms with van der Waals surface area (Å²) in [5, 5.41) is 6.12. The van der Waals surface area contributed by atoms with Crippen molar-refractivity contribution in [2.24, 2.45) is 11.8 Å². The molecule has 21 heavy (non-hydrogen) atoms. The minimum absolute atomic E-state index is 0.0828. The fourth-order valence-electron chi connectivity index (χ4n) is 3.71. The number of halogens is 2. The summed E-state index contributed by atoms with van der Waals surface area (Å²) in [6.45, 7) is 2.61. The van der Waals surface area contributed by atoms with E-state index in [0.29, 0.717) is 17.4 Å². The lowest BCUT2D eigenvalue weighted by atomic mass is 9.93. The van der Waals surface area contributed by atoms with Crippen molar-refractivity contribution < 1.29 is 13.6 Å². The van der Waals surface area contributed by atoms with Crippen LogP contribution in [-0.4, -0.2) is 18.5 Å². The van der Waals surface area contributed by atoms with E-state index in [4.69, 9.17) is 0 Å². The van der Waals surface area contributed by atoms with E-state index in [0.717, 1.165) is 19.0 Å². The van der Waals surface area contributed by atoms with Crippen LogP contribution in [0.3, 0.4) is 0 Å². The monoisotopic (exact) mass is 294 g/mol. The Morgan fingerprint density at radius 3 is 2.95 bits per heavy atom. The summed E-state index contributed by atoms with van der Waals surface area (Å²) in [6, 6.07) is 2.79. The molecule has 0 spiro atoms. The molecule has 1 saturated heterocycles. The Bertz CT molecular complexity index is 549. The van der Waals surface area contributed by atoms with Gasteiger partial charge in [-0.1, -0.05) is 12.5 Å². The summed E-state index contributed by atoms with van der Waals surface area (Å²) >= 11 is 0. The van der Waals surface area contributed by atoms with Crippen LogP contribution in [0.25, 0.3) is 0 Å². The molecule has 1 saturated carbocycles. The minimum Gasteiger partial charge on any atom is -0.348 e. The van der Waals surface area contributed by atoms with Gasteiger partial charge in [-0.05, 0) is 44.2 Å². The highest BCUT2D eigenvalue weighted by Gasteiger charge is 2.42. The molecular formula is C16H20F2N2O. The lowest BCUT2D eigenvalue weighted by molar-refractivity contribution is -0.124. The van der Waals surface area contributed by atoms with Crippen LogP contribution in [0.15, 0.2) is 18.2 Å². The number of carbonyl (C=O) groups is 1. The van der Waals surface area contributed by atoms with Gasteiger partial charge in [-0.3, -0.25) is 4.79 Å². The maximum absolute atomic E-state index is 13.7. The van der Waals surface area contributed by atoms with Gasteiger partial charge in [-0.2, -0.15) is 0 Å². The highest BCUT2D eigenvalue weighted by atomic mass is 19.1. The third kappa shape index (κ3) is 2.79. The van der Waals surface area contributed by atoms with Gasteiger partial charge in [0.05, 0.1) is 12.1 Å². The number of amides is 1. The minimum atomic E-state index is -0.624. The lowest BCUT2D eigenvalue weighted by Gasteiger charge is -2.21. The zero-order valence-electron chi connectivity index (χ0n) is 12.0. The molecule has 2 N–H and O–H groups in total. The van der Waals surface area contributed by atoms with E-state index in [1.807, 2.05) is 0 Å².